The summed E-state index contributed by atoms with van der Waals surface area (Å²) in [5, 5.41) is 52.8. The van der Waals surface area contributed by atoms with E-state index in [1.807, 2.05) is 6.92 Å². The molecule has 0 aromatic heterocycles. The SMILES string of the molecule is CCCCCCCCCCCCC(O)C(COC1OC(CO)C(O)C(O)C1O)NC(=O)CCC. The van der Waals surface area contributed by atoms with Gasteiger partial charge in [0.15, 0.2) is 6.29 Å². The van der Waals surface area contributed by atoms with E-state index in [2.05, 4.69) is 12.2 Å². The first-order valence-corrected chi connectivity index (χ1v) is 13.2. The number of hydrogen-bond donors (Lipinski definition) is 6. The Morgan fingerprint density at radius 1 is 0.882 bits per heavy atom. The fourth-order valence-corrected chi connectivity index (χ4v) is 4.20. The van der Waals surface area contributed by atoms with Gasteiger partial charge in [-0.05, 0) is 12.8 Å². The van der Waals surface area contributed by atoms with Gasteiger partial charge in [-0.25, -0.2) is 0 Å². The molecule has 9 heteroatoms. The molecule has 1 amide bonds. The van der Waals surface area contributed by atoms with Crippen molar-refractivity contribution < 1.29 is 39.8 Å². The van der Waals surface area contributed by atoms with Crippen LogP contribution in [0.1, 0.15) is 97.3 Å². The summed E-state index contributed by atoms with van der Waals surface area (Å²) < 4.78 is 10.9. The highest BCUT2D eigenvalue weighted by Crippen LogP contribution is 2.22. The molecule has 0 aromatic carbocycles. The number of ether oxygens (including phenoxy) is 2. The number of rotatable bonds is 19. The fourth-order valence-electron chi connectivity index (χ4n) is 4.20. The van der Waals surface area contributed by atoms with Crippen molar-refractivity contribution in [1.29, 1.82) is 0 Å². The van der Waals surface area contributed by atoms with Crippen LogP contribution in [0.2, 0.25) is 0 Å². The zero-order valence-corrected chi connectivity index (χ0v) is 21.1. The standard InChI is InChI=1S/C25H49NO8/c1-3-5-6-7-8-9-10-11-12-13-15-19(28)18(26-21(29)14-4-2)17-33-25-24(32)23(31)22(30)20(16-27)34-25/h18-20,22-25,27-28,30-32H,3-17H2,1-2H3,(H,26,29). The van der Waals surface area contributed by atoms with Gasteiger partial charge in [-0.2, -0.15) is 0 Å². The Balaban J connectivity index is 2.45. The van der Waals surface area contributed by atoms with E-state index >= 15 is 0 Å². The fraction of sp³-hybridized carbons (Fsp3) is 0.960. The second-order valence-corrected chi connectivity index (χ2v) is 9.49. The maximum Gasteiger partial charge on any atom is 0.220 e. The molecule has 1 rings (SSSR count). The summed E-state index contributed by atoms with van der Waals surface area (Å²) in [6.07, 6.45) is 5.62. The molecule has 7 unspecified atom stereocenters. The van der Waals surface area contributed by atoms with Crippen molar-refractivity contribution >= 4 is 5.91 Å². The minimum atomic E-state index is -1.54. The molecule has 1 aliphatic rings. The minimum absolute atomic E-state index is 0.142. The summed E-state index contributed by atoms with van der Waals surface area (Å²) >= 11 is 0. The summed E-state index contributed by atoms with van der Waals surface area (Å²) in [6, 6.07) is -0.704. The van der Waals surface area contributed by atoms with Crippen molar-refractivity contribution in [3.05, 3.63) is 0 Å². The topological polar surface area (TPSA) is 149 Å². The van der Waals surface area contributed by atoms with Crippen LogP contribution in [-0.4, -0.2) is 87.5 Å². The monoisotopic (exact) mass is 491 g/mol. The largest absolute Gasteiger partial charge is 0.394 e. The number of hydrogen-bond acceptors (Lipinski definition) is 8. The molecule has 34 heavy (non-hydrogen) atoms. The highest BCUT2D eigenvalue weighted by molar-refractivity contribution is 5.76. The van der Waals surface area contributed by atoms with E-state index in [4.69, 9.17) is 9.47 Å². The maximum absolute atomic E-state index is 12.1. The Kier molecular flexibility index (Phi) is 16.9. The van der Waals surface area contributed by atoms with Crippen molar-refractivity contribution in [2.75, 3.05) is 13.2 Å². The molecule has 0 aromatic rings. The van der Waals surface area contributed by atoms with Crippen LogP contribution in [0.25, 0.3) is 0 Å². The highest BCUT2D eigenvalue weighted by atomic mass is 16.7. The van der Waals surface area contributed by atoms with E-state index in [1.165, 1.54) is 44.9 Å². The molecule has 0 bridgehead atoms. The minimum Gasteiger partial charge on any atom is -0.394 e. The molecule has 1 saturated heterocycles. The van der Waals surface area contributed by atoms with Crippen molar-refractivity contribution in [3.63, 3.8) is 0 Å². The third-order valence-corrected chi connectivity index (χ3v) is 6.43. The Morgan fingerprint density at radius 2 is 1.47 bits per heavy atom. The predicted molar refractivity (Wildman–Crippen MR) is 129 cm³/mol. The quantitative estimate of drug-likeness (QED) is 0.150. The van der Waals surface area contributed by atoms with Crippen molar-refractivity contribution in [3.8, 4) is 0 Å². The molecule has 1 heterocycles. The van der Waals surface area contributed by atoms with Crippen molar-refractivity contribution in [2.45, 2.75) is 140 Å². The van der Waals surface area contributed by atoms with E-state index in [0.29, 0.717) is 19.3 Å². The molecule has 0 radical (unpaired) electrons. The number of carbonyl (C=O) groups excluding carboxylic acids is 1. The normalized spacial score (nSPS) is 26.9. The Hall–Kier alpha value is -0.810. The predicted octanol–water partition coefficient (Wildman–Crippen LogP) is 1.76. The van der Waals surface area contributed by atoms with Gasteiger partial charge in [0, 0.05) is 6.42 Å². The van der Waals surface area contributed by atoms with Gasteiger partial charge >= 0.3 is 0 Å². The molecule has 0 spiro atoms. The molecule has 202 valence electrons. The Labute approximate surface area is 204 Å². The second kappa shape index (κ2) is 18.5. The lowest BCUT2D eigenvalue weighted by atomic mass is 9.99. The van der Waals surface area contributed by atoms with Gasteiger partial charge < -0.3 is 40.3 Å². The average Bonchev–Trinajstić information content (AvgIpc) is 2.82. The van der Waals surface area contributed by atoms with Gasteiger partial charge in [0.25, 0.3) is 0 Å². The molecular formula is C25H49NO8. The summed E-state index contributed by atoms with van der Waals surface area (Å²) in [4.78, 5) is 12.1. The van der Waals surface area contributed by atoms with Gasteiger partial charge in [-0.3, -0.25) is 4.79 Å². The van der Waals surface area contributed by atoms with Gasteiger partial charge in [-0.15, -0.1) is 0 Å². The molecule has 6 N–H and O–H groups in total. The third-order valence-electron chi connectivity index (χ3n) is 6.43. The lowest BCUT2D eigenvalue weighted by Gasteiger charge is -2.40. The van der Waals surface area contributed by atoms with Crippen LogP contribution in [0.4, 0.5) is 0 Å². The number of aliphatic hydroxyl groups excluding tert-OH is 5. The first-order valence-electron chi connectivity index (χ1n) is 13.2. The zero-order chi connectivity index (χ0) is 25.3. The third kappa shape index (κ3) is 11.7. The van der Waals surface area contributed by atoms with E-state index in [1.54, 1.807) is 0 Å². The number of nitrogens with one attached hydrogen (secondary N) is 1. The Morgan fingerprint density at radius 3 is 2.03 bits per heavy atom. The number of aliphatic hydroxyl groups is 5. The Bertz CT molecular complexity index is 521. The van der Waals surface area contributed by atoms with Gasteiger partial charge in [0.1, 0.15) is 24.4 Å². The van der Waals surface area contributed by atoms with Crippen LogP contribution < -0.4 is 5.32 Å². The second-order valence-electron chi connectivity index (χ2n) is 9.49. The smallest absolute Gasteiger partial charge is 0.220 e. The zero-order valence-electron chi connectivity index (χ0n) is 21.1. The first kappa shape index (κ1) is 31.2. The van der Waals surface area contributed by atoms with Crippen LogP contribution in [0, 0.1) is 0 Å². The maximum atomic E-state index is 12.1. The van der Waals surface area contributed by atoms with E-state index in [-0.39, 0.29) is 12.5 Å². The lowest BCUT2D eigenvalue weighted by molar-refractivity contribution is -0.302. The molecular weight excluding hydrogens is 442 g/mol. The van der Waals surface area contributed by atoms with Gasteiger partial charge in [0.2, 0.25) is 5.91 Å². The highest BCUT2D eigenvalue weighted by Gasteiger charge is 2.44. The molecule has 9 nitrogen and oxygen atoms in total. The van der Waals surface area contributed by atoms with E-state index < -0.39 is 49.5 Å². The van der Waals surface area contributed by atoms with E-state index in [0.717, 1.165) is 19.3 Å². The molecule has 1 fully saturated rings. The lowest BCUT2D eigenvalue weighted by Crippen LogP contribution is -2.60. The molecule has 0 aliphatic carbocycles. The first-order chi connectivity index (χ1) is 16.3. The van der Waals surface area contributed by atoms with Crippen molar-refractivity contribution in [1.82, 2.24) is 5.32 Å². The summed E-state index contributed by atoms with van der Waals surface area (Å²) in [6.45, 7) is 3.41. The number of unbranched alkanes of at least 4 members (excludes halogenated alkanes) is 9. The van der Waals surface area contributed by atoms with Crippen LogP contribution in [-0.2, 0) is 14.3 Å². The summed E-state index contributed by atoms with van der Waals surface area (Å²) in [7, 11) is 0. The van der Waals surface area contributed by atoms with E-state index in [9.17, 15) is 30.3 Å². The van der Waals surface area contributed by atoms with Crippen LogP contribution in [0.15, 0.2) is 0 Å². The van der Waals surface area contributed by atoms with Gasteiger partial charge in [-0.1, -0.05) is 78.1 Å². The number of carbonyl (C=O) groups is 1. The van der Waals surface area contributed by atoms with Crippen molar-refractivity contribution in [2.24, 2.45) is 0 Å². The van der Waals surface area contributed by atoms with Gasteiger partial charge in [0.05, 0.1) is 25.4 Å². The average molecular weight is 492 g/mol. The van der Waals surface area contributed by atoms with Crippen LogP contribution in [0.5, 0.6) is 0 Å². The van der Waals surface area contributed by atoms with Crippen LogP contribution >= 0.6 is 0 Å². The molecule has 0 saturated carbocycles. The summed E-state index contributed by atoms with van der Waals surface area (Å²) in [5.74, 6) is -0.202. The molecule has 7 atom stereocenters. The molecule has 1 aliphatic heterocycles. The van der Waals surface area contributed by atoms with Crippen LogP contribution in [0.3, 0.4) is 0 Å². The summed E-state index contributed by atoms with van der Waals surface area (Å²) in [5.41, 5.74) is 0. The number of amides is 1.